The van der Waals surface area contributed by atoms with Gasteiger partial charge >= 0.3 is 0 Å². The van der Waals surface area contributed by atoms with Crippen molar-refractivity contribution < 1.29 is 19.1 Å². The van der Waals surface area contributed by atoms with Gasteiger partial charge in [-0.3, -0.25) is 9.59 Å². The maximum atomic E-state index is 12.6. The Balaban J connectivity index is 1.69. The summed E-state index contributed by atoms with van der Waals surface area (Å²) >= 11 is 0. The van der Waals surface area contributed by atoms with Crippen LogP contribution < -0.4 is 20.1 Å². The minimum atomic E-state index is -1.25. The second kappa shape index (κ2) is 6.47. The Morgan fingerprint density at radius 1 is 0.880 bits per heavy atom. The van der Waals surface area contributed by atoms with E-state index in [0.717, 1.165) is 5.56 Å². The zero-order valence-corrected chi connectivity index (χ0v) is 14.4. The molecule has 0 spiro atoms. The number of rotatable bonds is 4. The predicted molar refractivity (Wildman–Crippen MR) is 94.8 cm³/mol. The first-order chi connectivity index (χ1) is 11.9. The predicted octanol–water partition coefficient (Wildman–Crippen LogP) is 3.33. The van der Waals surface area contributed by atoms with Gasteiger partial charge in [-0.25, -0.2) is 0 Å². The van der Waals surface area contributed by atoms with Crippen LogP contribution in [0.4, 0.5) is 11.4 Å². The highest BCUT2D eigenvalue weighted by Crippen LogP contribution is 2.34. The van der Waals surface area contributed by atoms with Crippen LogP contribution in [0.1, 0.15) is 19.4 Å². The van der Waals surface area contributed by atoms with Gasteiger partial charge in [-0.15, -0.1) is 0 Å². The molecule has 3 rings (SSSR count). The Hall–Kier alpha value is -3.02. The lowest BCUT2D eigenvalue weighted by Crippen LogP contribution is -2.41. The summed E-state index contributed by atoms with van der Waals surface area (Å²) in [6.07, 6.45) is 0. The van der Waals surface area contributed by atoms with Crippen LogP contribution in [-0.4, -0.2) is 18.6 Å². The largest absolute Gasteiger partial charge is 0.454 e. The fourth-order valence-corrected chi connectivity index (χ4v) is 2.29. The molecule has 2 aromatic carbocycles. The first-order valence-corrected chi connectivity index (χ1v) is 7.95. The third-order valence-electron chi connectivity index (χ3n) is 4.08. The van der Waals surface area contributed by atoms with E-state index in [1.54, 1.807) is 44.2 Å². The zero-order valence-electron chi connectivity index (χ0n) is 14.4. The molecule has 1 aliphatic rings. The van der Waals surface area contributed by atoms with Gasteiger partial charge in [0.05, 0.1) is 0 Å². The van der Waals surface area contributed by atoms with Gasteiger partial charge in [0.15, 0.2) is 11.5 Å². The van der Waals surface area contributed by atoms with Crippen molar-refractivity contribution in [1.82, 2.24) is 0 Å². The number of carbonyl (C=O) groups is 2. The number of carbonyl (C=O) groups excluding carboxylic acids is 2. The van der Waals surface area contributed by atoms with Gasteiger partial charge in [-0.2, -0.15) is 0 Å². The second-order valence-corrected chi connectivity index (χ2v) is 6.47. The Labute approximate surface area is 146 Å². The number of hydrogen-bond donors (Lipinski definition) is 2. The van der Waals surface area contributed by atoms with E-state index in [0.29, 0.717) is 22.9 Å². The summed E-state index contributed by atoms with van der Waals surface area (Å²) < 4.78 is 10.5. The van der Waals surface area contributed by atoms with Crippen LogP contribution in [0, 0.1) is 12.3 Å². The summed E-state index contributed by atoms with van der Waals surface area (Å²) in [7, 11) is 0. The van der Waals surface area contributed by atoms with Gasteiger partial charge in [-0.05, 0) is 45.0 Å². The van der Waals surface area contributed by atoms with E-state index in [1.165, 1.54) is 0 Å². The van der Waals surface area contributed by atoms with Gasteiger partial charge in [0.2, 0.25) is 18.6 Å². The summed E-state index contributed by atoms with van der Waals surface area (Å²) in [5.41, 5.74) is 1.05. The smallest absolute Gasteiger partial charge is 0.239 e. The Kier molecular flexibility index (Phi) is 4.35. The topological polar surface area (TPSA) is 76.7 Å². The fourth-order valence-electron chi connectivity index (χ4n) is 2.29. The lowest BCUT2D eigenvalue weighted by molar-refractivity contribution is -0.135. The normalized spacial score (nSPS) is 12.6. The van der Waals surface area contributed by atoms with Gasteiger partial charge < -0.3 is 20.1 Å². The third-order valence-corrected chi connectivity index (χ3v) is 4.08. The van der Waals surface area contributed by atoms with E-state index in [4.69, 9.17) is 9.47 Å². The molecule has 0 aromatic heterocycles. The number of anilines is 2. The van der Waals surface area contributed by atoms with E-state index >= 15 is 0 Å². The number of amides is 2. The monoisotopic (exact) mass is 340 g/mol. The highest BCUT2D eigenvalue weighted by Gasteiger charge is 2.36. The number of benzene rings is 2. The van der Waals surface area contributed by atoms with Gasteiger partial charge in [-0.1, -0.05) is 17.7 Å². The number of aryl methyl sites for hydroxylation is 1. The van der Waals surface area contributed by atoms with E-state index < -0.39 is 11.3 Å². The third kappa shape index (κ3) is 3.57. The molecule has 0 aliphatic carbocycles. The molecule has 0 bridgehead atoms. The van der Waals surface area contributed by atoms with Crippen molar-refractivity contribution in [2.45, 2.75) is 20.8 Å². The minimum absolute atomic E-state index is 0.164. The molecule has 0 saturated heterocycles. The van der Waals surface area contributed by atoms with Crippen molar-refractivity contribution >= 4 is 23.2 Å². The molecular formula is C19H20N2O4. The molecule has 0 unspecified atom stereocenters. The molecule has 25 heavy (non-hydrogen) atoms. The first-order valence-electron chi connectivity index (χ1n) is 7.95. The quantitative estimate of drug-likeness (QED) is 0.837. The Morgan fingerprint density at radius 2 is 1.44 bits per heavy atom. The molecule has 0 saturated carbocycles. The maximum Gasteiger partial charge on any atom is 0.239 e. The average molecular weight is 340 g/mol. The van der Waals surface area contributed by atoms with E-state index in [-0.39, 0.29) is 12.7 Å². The molecule has 1 aliphatic heterocycles. The van der Waals surface area contributed by atoms with Crippen LogP contribution in [0.5, 0.6) is 11.5 Å². The van der Waals surface area contributed by atoms with Crippen LogP contribution >= 0.6 is 0 Å². The standard InChI is InChI=1S/C19H20N2O4/c1-12-4-6-13(7-5-12)20-17(22)19(2,3)18(23)21-14-8-9-15-16(10-14)25-11-24-15/h4-10H,11H2,1-3H3,(H,20,22)(H,21,23). The summed E-state index contributed by atoms with van der Waals surface area (Å²) in [5.74, 6) is 0.416. The highest BCUT2D eigenvalue weighted by atomic mass is 16.7. The first kappa shape index (κ1) is 16.8. The van der Waals surface area contributed by atoms with Crippen molar-refractivity contribution in [2.24, 2.45) is 5.41 Å². The molecule has 2 N–H and O–H groups in total. The summed E-state index contributed by atoms with van der Waals surface area (Å²) in [6, 6.07) is 12.5. The number of nitrogens with one attached hydrogen (secondary N) is 2. The van der Waals surface area contributed by atoms with E-state index in [1.807, 2.05) is 19.1 Å². The zero-order chi connectivity index (χ0) is 18.0. The molecule has 130 valence electrons. The van der Waals surface area contributed by atoms with Crippen molar-refractivity contribution in [3.63, 3.8) is 0 Å². The van der Waals surface area contributed by atoms with Crippen molar-refractivity contribution in [3.8, 4) is 11.5 Å². The van der Waals surface area contributed by atoms with Crippen LogP contribution in [0.2, 0.25) is 0 Å². The van der Waals surface area contributed by atoms with Crippen molar-refractivity contribution in [1.29, 1.82) is 0 Å². The van der Waals surface area contributed by atoms with E-state index in [2.05, 4.69) is 10.6 Å². The molecular weight excluding hydrogens is 320 g/mol. The number of fused-ring (bicyclic) bond motifs is 1. The molecule has 6 nitrogen and oxygen atoms in total. The van der Waals surface area contributed by atoms with Crippen LogP contribution in [0.15, 0.2) is 42.5 Å². The SMILES string of the molecule is Cc1ccc(NC(=O)C(C)(C)C(=O)Nc2ccc3c(c2)OCO3)cc1. The number of ether oxygens (including phenoxy) is 2. The Morgan fingerprint density at radius 3 is 2.12 bits per heavy atom. The fraction of sp³-hybridized carbons (Fsp3) is 0.263. The van der Waals surface area contributed by atoms with E-state index in [9.17, 15) is 9.59 Å². The lowest BCUT2D eigenvalue weighted by atomic mass is 9.90. The highest BCUT2D eigenvalue weighted by molar-refractivity contribution is 6.14. The molecule has 0 radical (unpaired) electrons. The van der Waals surface area contributed by atoms with Gasteiger partial charge in [0.25, 0.3) is 0 Å². The summed E-state index contributed by atoms with van der Waals surface area (Å²) in [6.45, 7) is 5.29. The van der Waals surface area contributed by atoms with Crippen molar-refractivity contribution in [2.75, 3.05) is 17.4 Å². The molecule has 2 aromatic rings. The molecule has 6 heteroatoms. The van der Waals surface area contributed by atoms with Crippen LogP contribution in [0.3, 0.4) is 0 Å². The molecule has 2 amide bonds. The minimum Gasteiger partial charge on any atom is -0.454 e. The van der Waals surface area contributed by atoms with Crippen molar-refractivity contribution in [3.05, 3.63) is 48.0 Å². The van der Waals surface area contributed by atoms with Gasteiger partial charge in [0, 0.05) is 17.4 Å². The molecule has 1 heterocycles. The Bertz CT molecular complexity index is 813. The summed E-state index contributed by atoms with van der Waals surface area (Å²) in [4.78, 5) is 25.1. The molecule has 0 fully saturated rings. The van der Waals surface area contributed by atoms with Gasteiger partial charge in [0.1, 0.15) is 5.41 Å². The molecule has 0 atom stereocenters. The maximum absolute atomic E-state index is 12.6. The average Bonchev–Trinajstić information content (AvgIpc) is 3.04. The van der Waals surface area contributed by atoms with Crippen LogP contribution in [-0.2, 0) is 9.59 Å². The summed E-state index contributed by atoms with van der Waals surface area (Å²) in [5, 5.41) is 5.53. The number of hydrogen-bond acceptors (Lipinski definition) is 4. The second-order valence-electron chi connectivity index (χ2n) is 6.47. The lowest BCUT2D eigenvalue weighted by Gasteiger charge is -2.23. The van der Waals surface area contributed by atoms with Crippen LogP contribution in [0.25, 0.3) is 0 Å².